The van der Waals surface area contributed by atoms with Gasteiger partial charge >= 0.3 is 0 Å². The Morgan fingerprint density at radius 1 is 1.37 bits per heavy atom. The highest BCUT2D eigenvalue weighted by Gasteiger charge is 2.30. The lowest BCUT2D eigenvalue weighted by Crippen LogP contribution is -2.31. The topological polar surface area (TPSA) is 29.5 Å². The fourth-order valence-electron chi connectivity index (χ4n) is 3.01. The molecule has 0 saturated heterocycles. The van der Waals surface area contributed by atoms with Gasteiger partial charge in [0.15, 0.2) is 0 Å². The zero-order valence-electron chi connectivity index (χ0n) is 12.1. The molecule has 1 aromatic carbocycles. The summed E-state index contributed by atoms with van der Waals surface area (Å²) in [6, 6.07) is 8.16. The lowest BCUT2D eigenvalue weighted by atomic mass is 9.74. The van der Waals surface area contributed by atoms with E-state index < -0.39 is 0 Å². The van der Waals surface area contributed by atoms with Gasteiger partial charge < -0.3 is 9.64 Å². The maximum atomic E-state index is 11.8. The van der Waals surface area contributed by atoms with Crippen molar-refractivity contribution < 1.29 is 9.53 Å². The van der Waals surface area contributed by atoms with Gasteiger partial charge in [-0.05, 0) is 50.0 Å². The molecule has 1 aliphatic rings. The molecule has 3 heteroatoms. The highest BCUT2D eigenvalue weighted by Crippen LogP contribution is 2.37. The number of ketones is 1. The van der Waals surface area contributed by atoms with Crippen LogP contribution in [0.1, 0.15) is 30.7 Å². The first-order valence-corrected chi connectivity index (χ1v) is 6.90. The van der Waals surface area contributed by atoms with E-state index in [4.69, 9.17) is 4.74 Å². The third kappa shape index (κ3) is 3.57. The summed E-state index contributed by atoms with van der Waals surface area (Å²) < 4.78 is 5.29. The fourth-order valence-corrected chi connectivity index (χ4v) is 3.01. The molecular weight excluding hydrogens is 238 g/mol. The molecule has 0 bridgehead atoms. The van der Waals surface area contributed by atoms with Gasteiger partial charge in [-0.15, -0.1) is 0 Å². The van der Waals surface area contributed by atoms with Gasteiger partial charge in [0.2, 0.25) is 0 Å². The Kier molecular flexibility index (Phi) is 4.59. The Hall–Kier alpha value is -1.35. The van der Waals surface area contributed by atoms with Crippen molar-refractivity contribution in [1.82, 2.24) is 4.90 Å². The van der Waals surface area contributed by atoms with Gasteiger partial charge in [0, 0.05) is 19.4 Å². The van der Waals surface area contributed by atoms with Crippen LogP contribution in [0.25, 0.3) is 0 Å². The third-order valence-corrected chi connectivity index (χ3v) is 3.93. The van der Waals surface area contributed by atoms with Gasteiger partial charge in [0.05, 0.1) is 7.11 Å². The van der Waals surface area contributed by atoms with Crippen molar-refractivity contribution in [3.05, 3.63) is 29.8 Å². The molecule has 1 saturated carbocycles. The molecule has 0 aromatic heterocycles. The molecule has 104 valence electrons. The average Bonchev–Trinajstić information content (AvgIpc) is 2.40. The maximum absolute atomic E-state index is 11.8. The second-order valence-corrected chi connectivity index (χ2v) is 5.69. The molecule has 19 heavy (non-hydrogen) atoms. The summed E-state index contributed by atoms with van der Waals surface area (Å²) in [6.45, 7) is 1.04. The highest BCUT2D eigenvalue weighted by atomic mass is 16.5. The van der Waals surface area contributed by atoms with Crippen LogP contribution >= 0.6 is 0 Å². The Balaban J connectivity index is 2.22. The van der Waals surface area contributed by atoms with Crippen molar-refractivity contribution in [2.45, 2.75) is 25.2 Å². The van der Waals surface area contributed by atoms with Gasteiger partial charge in [0.25, 0.3) is 0 Å². The predicted octanol–water partition coefficient (Wildman–Crippen LogP) is 2.71. The van der Waals surface area contributed by atoms with Crippen LogP contribution in [0.2, 0.25) is 0 Å². The van der Waals surface area contributed by atoms with Crippen molar-refractivity contribution >= 4 is 5.78 Å². The molecule has 0 heterocycles. The average molecular weight is 261 g/mol. The molecule has 1 aromatic rings. The summed E-state index contributed by atoms with van der Waals surface area (Å²) in [6.07, 6.45) is 2.41. The SMILES string of the molecule is COc1cccc([C@@H]2CC(=O)CC[C@H]2CN(C)C)c1. The molecule has 0 unspecified atom stereocenters. The largest absolute Gasteiger partial charge is 0.497 e. The molecule has 2 rings (SSSR count). The summed E-state index contributed by atoms with van der Waals surface area (Å²) in [7, 11) is 5.88. The number of nitrogens with zero attached hydrogens (tertiary/aromatic N) is 1. The number of Topliss-reactive ketones (excluding diaryl/α,β-unsaturated/α-hetero) is 1. The maximum Gasteiger partial charge on any atom is 0.133 e. The van der Waals surface area contributed by atoms with Gasteiger partial charge in [-0.1, -0.05) is 12.1 Å². The third-order valence-electron chi connectivity index (χ3n) is 3.93. The number of ether oxygens (including phenoxy) is 1. The van der Waals surface area contributed by atoms with E-state index in [-0.39, 0.29) is 0 Å². The Bertz CT molecular complexity index is 442. The quantitative estimate of drug-likeness (QED) is 0.834. The van der Waals surface area contributed by atoms with Gasteiger partial charge in [-0.2, -0.15) is 0 Å². The second kappa shape index (κ2) is 6.20. The number of hydrogen-bond acceptors (Lipinski definition) is 3. The minimum Gasteiger partial charge on any atom is -0.497 e. The Labute approximate surface area is 115 Å². The van der Waals surface area contributed by atoms with Crippen LogP contribution in [0.4, 0.5) is 0 Å². The monoisotopic (exact) mass is 261 g/mol. The van der Waals surface area contributed by atoms with E-state index in [1.807, 2.05) is 12.1 Å². The normalized spacial score (nSPS) is 23.7. The molecule has 0 N–H and O–H groups in total. The van der Waals surface area contributed by atoms with Crippen molar-refractivity contribution in [3.63, 3.8) is 0 Å². The zero-order chi connectivity index (χ0) is 13.8. The zero-order valence-corrected chi connectivity index (χ0v) is 12.1. The van der Waals surface area contributed by atoms with E-state index in [1.54, 1.807) is 7.11 Å². The standard InChI is InChI=1S/C16H23NO2/c1-17(2)11-13-7-8-14(18)10-16(13)12-5-4-6-15(9-12)19-3/h4-6,9,13,16H,7-8,10-11H2,1-3H3/t13-,16-/m0/s1. The lowest BCUT2D eigenvalue weighted by molar-refractivity contribution is -0.121. The van der Waals surface area contributed by atoms with Crippen molar-refractivity contribution in [2.75, 3.05) is 27.7 Å². The molecule has 2 atom stereocenters. The van der Waals surface area contributed by atoms with Crippen LogP contribution in [0.15, 0.2) is 24.3 Å². The summed E-state index contributed by atoms with van der Waals surface area (Å²) in [4.78, 5) is 14.0. The Morgan fingerprint density at radius 3 is 2.84 bits per heavy atom. The number of benzene rings is 1. The van der Waals surface area contributed by atoms with Crippen LogP contribution in [0.3, 0.4) is 0 Å². The molecule has 1 aliphatic carbocycles. The molecular formula is C16H23NO2. The summed E-state index contributed by atoms with van der Waals surface area (Å²) in [5, 5.41) is 0. The lowest BCUT2D eigenvalue weighted by Gasteiger charge is -2.33. The minimum atomic E-state index is 0.332. The van der Waals surface area contributed by atoms with Crippen LogP contribution in [0, 0.1) is 5.92 Å². The van der Waals surface area contributed by atoms with Crippen LogP contribution in [0.5, 0.6) is 5.75 Å². The van der Waals surface area contributed by atoms with Crippen LogP contribution in [-0.4, -0.2) is 38.4 Å². The van der Waals surface area contributed by atoms with Crippen LogP contribution < -0.4 is 4.74 Å². The number of carbonyl (C=O) groups is 1. The smallest absolute Gasteiger partial charge is 0.133 e. The summed E-state index contributed by atoms with van der Waals surface area (Å²) in [5.74, 6) is 2.15. The van der Waals surface area contributed by atoms with E-state index in [9.17, 15) is 4.79 Å². The predicted molar refractivity (Wildman–Crippen MR) is 76.6 cm³/mol. The van der Waals surface area contributed by atoms with Crippen LogP contribution in [-0.2, 0) is 4.79 Å². The van der Waals surface area contributed by atoms with Gasteiger partial charge in [0.1, 0.15) is 11.5 Å². The first kappa shape index (κ1) is 14.1. The first-order valence-electron chi connectivity index (χ1n) is 6.90. The summed E-state index contributed by atoms with van der Waals surface area (Å²) >= 11 is 0. The fraction of sp³-hybridized carbons (Fsp3) is 0.562. The minimum absolute atomic E-state index is 0.332. The van der Waals surface area contributed by atoms with Gasteiger partial charge in [-0.25, -0.2) is 0 Å². The van der Waals surface area contributed by atoms with Crippen molar-refractivity contribution in [2.24, 2.45) is 5.92 Å². The summed E-state index contributed by atoms with van der Waals surface area (Å²) in [5.41, 5.74) is 1.24. The highest BCUT2D eigenvalue weighted by molar-refractivity contribution is 5.80. The molecule has 0 radical (unpaired) electrons. The van der Waals surface area contributed by atoms with E-state index in [0.717, 1.165) is 25.1 Å². The van der Waals surface area contributed by atoms with E-state index >= 15 is 0 Å². The van der Waals surface area contributed by atoms with Crippen molar-refractivity contribution in [3.8, 4) is 5.75 Å². The van der Waals surface area contributed by atoms with Crippen molar-refractivity contribution in [1.29, 1.82) is 0 Å². The number of methoxy groups -OCH3 is 1. The van der Waals surface area contributed by atoms with E-state index in [0.29, 0.717) is 24.0 Å². The molecule has 0 spiro atoms. The number of rotatable bonds is 4. The molecule has 0 amide bonds. The number of hydrogen-bond donors (Lipinski definition) is 0. The molecule has 0 aliphatic heterocycles. The molecule has 1 fully saturated rings. The van der Waals surface area contributed by atoms with E-state index in [1.165, 1.54) is 5.56 Å². The second-order valence-electron chi connectivity index (χ2n) is 5.69. The molecule has 3 nitrogen and oxygen atoms in total. The first-order chi connectivity index (χ1) is 9.10. The van der Waals surface area contributed by atoms with E-state index in [2.05, 4.69) is 31.1 Å². The Morgan fingerprint density at radius 2 is 2.16 bits per heavy atom. The van der Waals surface area contributed by atoms with Gasteiger partial charge in [-0.3, -0.25) is 4.79 Å². The number of carbonyl (C=O) groups excluding carboxylic acids is 1.